The lowest BCUT2D eigenvalue weighted by atomic mass is 9.91. The fourth-order valence-electron chi connectivity index (χ4n) is 4.93. The second-order valence-electron chi connectivity index (χ2n) is 8.92. The van der Waals surface area contributed by atoms with Crippen molar-refractivity contribution in [2.75, 3.05) is 7.11 Å². The molecule has 6 heteroatoms. The van der Waals surface area contributed by atoms with E-state index in [4.69, 9.17) is 14.7 Å². The number of phenolic OH excluding ortho intramolecular Hbond substituents is 1. The van der Waals surface area contributed by atoms with E-state index in [0.717, 1.165) is 52.4 Å². The van der Waals surface area contributed by atoms with Gasteiger partial charge in [0.1, 0.15) is 17.2 Å². The molecule has 174 valence electrons. The van der Waals surface area contributed by atoms with Crippen molar-refractivity contribution < 1.29 is 14.9 Å². The average molecular weight is 464 g/mol. The van der Waals surface area contributed by atoms with Crippen LogP contribution in [0.25, 0.3) is 16.9 Å². The van der Waals surface area contributed by atoms with Gasteiger partial charge in [-0.2, -0.15) is 0 Å². The molecule has 1 aliphatic carbocycles. The van der Waals surface area contributed by atoms with E-state index in [1.54, 1.807) is 19.2 Å². The molecule has 35 heavy (non-hydrogen) atoms. The standard InChI is InChI=1S/C29H25N3O3/c1-35-22-12-13-23-20(17-22)9-14-26-27(23)30-24(15-18-5-3-2-4-6-18)28-31-25(29(34)32(26)28)16-19-7-10-21(33)11-8-19/h2-8,10-13,17,33-34H,9,14-16H2,1H3. The summed E-state index contributed by atoms with van der Waals surface area (Å²) in [6.07, 6.45) is 2.64. The Kier molecular flexibility index (Phi) is 5.14. The zero-order valence-electron chi connectivity index (χ0n) is 19.4. The number of aromatic hydroxyl groups is 2. The van der Waals surface area contributed by atoms with Gasteiger partial charge in [0, 0.05) is 18.4 Å². The van der Waals surface area contributed by atoms with E-state index < -0.39 is 0 Å². The predicted molar refractivity (Wildman–Crippen MR) is 134 cm³/mol. The van der Waals surface area contributed by atoms with Crippen LogP contribution < -0.4 is 4.74 Å². The zero-order chi connectivity index (χ0) is 23.9. The number of imidazole rings is 1. The lowest BCUT2D eigenvalue weighted by Crippen LogP contribution is -2.13. The van der Waals surface area contributed by atoms with Gasteiger partial charge in [-0.3, -0.25) is 4.40 Å². The Morgan fingerprint density at radius 1 is 0.829 bits per heavy atom. The van der Waals surface area contributed by atoms with Gasteiger partial charge in [0.05, 0.1) is 24.2 Å². The van der Waals surface area contributed by atoms with Crippen LogP contribution in [-0.4, -0.2) is 31.7 Å². The number of fused-ring (bicyclic) bond motifs is 5. The maximum absolute atomic E-state index is 11.4. The second-order valence-corrected chi connectivity index (χ2v) is 8.92. The summed E-state index contributed by atoms with van der Waals surface area (Å²) in [6.45, 7) is 0. The van der Waals surface area contributed by atoms with Gasteiger partial charge in [-0.25, -0.2) is 9.97 Å². The van der Waals surface area contributed by atoms with Gasteiger partial charge in [-0.15, -0.1) is 0 Å². The largest absolute Gasteiger partial charge is 0.508 e. The molecule has 5 aromatic rings. The molecular weight excluding hydrogens is 438 g/mol. The number of benzene rings is 3. The van der Waals surface area contributed by atoms with Gasteiger partial charge in [0.15, 0.2) is 5.65 Å². The maximum Gasteiger partial charge on any atom is 0.219 e. The second kappa shape index (κ2) is 8.47. The highest BCUT2D eigenvalue weighted by Gasteiger charge is 2.26. The highest BCUT2D eigenvalue weighted by atomic mass is 16.5. The first-order chi connectivity index (χ1) is 17.1. The minimum atomic E-state index is 0.151. The number of ether oxygens (including phenoxy) is 1. The van der Waals surface area contributed by atoms with Crippen LogP contribution in [0.4, 0.5) is 0 Å². The predicted octanol–water partition coefficient (Wildman–Crippen LogP) is 5.10. The van der Waals surface area contributed by atoms with Crippen molar-refractivity contribution in [3.63, 3.8) is 0 Å². The summed E-state index contributed by atoms with van der Waals surface area (Å²) in [5.41, 5.74) is 8.32. The molecule has 0 saturated carbocycles. The molecule has 0 unspecified atom stereocenters. The van der Waals surface area contributed by atoms with Crippen LogP contribution in [0, 0.1) is 0 Å². The molecular formula is C29H25N3O3. The fourth-order valence-corrected chi connectivity index (χ4v) is 4.93. The fraction of sp³-hybridized carbons (Fsp3) is 0.172. The van der Waals surface area contributed by atoms with Crippen LogP contribution in [-0.2, 0) is 25.7 Å². The van der Waals surface area contributed by atoms with E-state index in [-0.39, 0.29) is 11.6 Å². The number of aryl methyl sites for hydroxylation is 2. The highest BCUT2D eigenvalue weighted by molar-refractivity contribution is 5.72. The SMILES string of the molecule is COc1ccc2c(c1)CCc1c-2nc(Cc2ccccc2)c2nc(Cc3ccc(O)cc3)c(O)n12. The van der Waals surface area contributed by atoms with Gasteiger partial charge in [0.2, 0.25) is 5.88 Å². The minimum absolute atomic E-state index is 0.151. The number of hydrogen-bond donors (Lipinski definition) is 2. The third-order valence-corrected chi connectivity index (χ3v) is 6.69. The quantitative estimate of drug-likeness (QED) is 0.379. The molecule has 6 nitrogen and oxygen atoms in total. The summed E-state index contributed by atoms with van der Waals surface area (Å²) in [6, 6.07) is 23.3. The van der Waals surface area contributed by atoms with Crippen LogP contribution in [0.3, 0.4) is 0 Å². The molecule has 3 aromatic carbocycles. The number of hydrogen-bond acceptors (Lipinski definition) is 5. The van der Waals surface area contributed by atoms with Gasteiger partial charge in [-0.05, 0) is 59.9 Å². The van der Waals surface area contributed by atoms with Crippen molar-refractivity contribution in [2.45, 2.75) is 25.7 Å². The lowest BCUT2D eigenvalue weighted by molar-refractivity contribution is 0.414. The summed E-state index contributed by atoms with van der Waals surface area (Å²) in [7, 11) is 1.68. The van der Waals surface area contributed by atoms with Crippen LogP contribution in [0.15, 0.2) is 72.8 Å². The number of aromatic nitrogens is 3. The van der Waals surface area contributed by atoms with Gasteiger partial charge >= 0.3 is 0 Å². The topological polar surface area (TPSA) is 79.9 Å². The monoisotopic (exact) mass is 463 g/mol. The number of nitrogens with zero attached hydrogens (tertiary/aromatic N) is 3. The Morgan fingerprint density at radius 2 is 1.57 bits per heavy atom. The Morgan fingerprint density at radius 3 is 2.34 bits per heavy atom. The molecule has 0 bridgehead atoms. The number of rotatable bonds is 5. The van der Waals surface area contributed by atoms with E-state index in [0.29, 0.717) is 24.2 Å². The Labute approximate surface area is 203 Å². The molecule has 0 amide bonds. The molecule has 0 fully saturated rings. The summed E-state index contributed by atoms with van der Waals surface area (Å²) in [5, 5.41) is 21.0. The van der Waals surface area contributed by atoms with Crippen LogP contribution in [0.5, 0.6) is 17.4 Å². The molecule has 1 aliphatic rings. The molecule has 2 aromatic heterocycles. The normalized spacial score (nSPS) is 12.4. The van der Waals surface area contributed by atoms with Gasteiger partial charge < -0.3 is 14.9 Å². The van der Waals surface area contributed by atoms with Crippen molar-refractivity contribution in [1.82, 2.24) is 14.4 Å². The summed E-state index contributed by atoms with van der Waals surface area (Å²) in [5.74, 6) is 1.20. The molecule has 0 atom stereocenters. The van der Waals surface area contributed by atoms with Crippen molar-refractivity contribution in [1.29, 1.82) is 0 Å². The zero-order valence-corrected chi connectivity index (χ0v) is 19.4. The third kappa shape index (κ3) is 3.77. The maximum atomic E-state index is 11.4. The highest BCUT2D eigenvalue weighted by Crippen LogP contribution is 2.38. The first-order valence-corrected chi connectivity index (χ1v) is 11.7. The van der Waals surface area contributed by atoms with E-state index in [1.165, 1.54) is 5.56 Å². The van der Waals surface area contributed by atoms with Crippen molar-refractivity contribution in [3.8, 4) is 28.6 Å². The number of methoxy groups -OCH3 is 1. The van der Waals surface area contributed by atoms with Gasteiger partial charge in [0.25, 0.3) is 0 Å². The number of phenols is 1. The Hall–Kier alpha value is -4.32. The van der Waals surface area contributed by atoms with Crippen molar-refractivity contribution in [2.24, 2.45) is 0 Å². The first-order valence-electron chi connectivity index (χ1n) is 11.7. The Balaban J connectivity index is 1.54. The minimum Gasteiger partial charge on any atom is -0.508 e. The van der Waals surface area contributed by atoms with Gasteiger partial charge in [-0.1, -0.05) is 42.5 Å². The molecule has 0 aliphatic heterocycles. The Bertz CT molecular complexity index is 1540. The van der Waals surface area contributed by atoms with Crippen LogP contribution in [0.1, 0.15) is 33.8 Å². The smallest absolute Gasteiger partial charge is 0.219 e. The summed E-state index contributed by atoms with van der Waals surface area (Å²) < 4.78 is 7.33. The van der Waals surface area contributed by atoms with Crippen LogP contribution in [0.2, 0.25) is 0 Å². The molecule has 2 heterocycles. The molecule has 0 saturated heterocycles. The van der Waals surface area contributed by atoms with E-state index in [1.807, 2.05) is 40.8 Å². The third-order valence-electron chi connectivity index (χ3n) is 6.69. The summed E-state index contributed by atoms with van der Waals surface area (Å²) in [4.78, 5) is 10.0. The first kappa shape index (κ1) is 21.2. The lowest BCUT2D eigenvalue weighted by Gasteiger charge is -2.22. The van der Waals surface area contributed by atoms with E-state index >= 15 is 0 Å². The van der Waals surface area contributed by atoms with Crippen LogP contribution >= 0.6 is 0 Å². The van der Waals surface area contributed by atoms with Crippen molar-refractivity contribution in [3.05, 3.63) is 107 Å². The van der Waals surface area contributed by atoms with E-state index in [9.17, 15) is 10.2 Å². The van der Waals surface area contributed by atoms with Crippen molar-refractivity contribution >= 4 is 5.65 Å². The average Bonchev–Trinajstić information content (AvgIpc) is 3.22. The molecule has 0 radical (unpaired) electrons. The molecule has 0 spiro atoms. The van der Waals surface area contributed by atoms with E-state index in [2.05, 4.69) is 24.3 Å². The molecule has 6 rings (SSSR count). The summed E-state index contributed by atoms with van der Waals surface area (Å²) >= 11 is 0. The molecule has 2 N–H and O–H groups in total.